The lowest BCUT2D eigenvalue weighted by Gasteiger charge is -2.24. The van der Waals surface area contributed by atoms with Crippen molar-refractivity contribution in [3.63, 3.8) is 0 Å². The number of carbonyl (C=O) groups is 1. The van der Waals surface area contributed by atoms with Crippen molar-refractivity contribution in [2.75, 3.05) is 30.9 Å². The SMILES string of the molecule is COc1ccc(C(=O)CN(C2=NCCS2)c2cccc(C)c2)c(F)c1. The molecule has 0 N–H and O–H groups in total. The Morgan fingerprint density at radius 2 is 2.16 bits per heavy atom. The van der Waals surface area contributed by atoms with Gasteiger partial charge in [0.25, 0.3) is 0 Å². The predicted molar refractivity (Wildman–Crippen MR) is 101 cm³/mol. The Morgan fingerprint density at radius 3 is 2.80 bits per heavy atom. The molecule has 0 aliphatic carbocycles. The molecule has 1 heterocycles. The van der Waals surface area contributed by atoms with Crippen molar-refractivity contribution < 1.29 is 13.9 Å². The van der Waals surface area contributed by atoms with Crippen LogP contribution in [0.1, 0.15) is 15.9 Å². The summed E-state index contributed by atoms with van der Waals surface area (Å²) in [6.07, 6.45) is 0. The zero-order valence-corrected chi connectivity index (χ0v) is 15.0. The highest BCUT2D eigenvalue weighted by Gasteiger charge is 2.23. The Kier molecular flexibility index (Phi) is 5.38. The van der Waals surface area contributed by atoms with Gasteiger partial charge in [-0.05, 0) is 36.8 Å². The minimum Gasteiger partial charge on any atom is -0.497 e. The van der Waals surface area contributed by atoms with Crippen molar-refractivity contribution in [3.8, 4) is 5.75 Å². The van der Waals surface area contributed by atoms with Gasteiger partial charge in [0.15, 0.2) is 11.0 Å². The Morgan fingerprint density at radius 1 is 1.32 bits per heavy atom. The zero-order chi connectivity index (χ0) is 17.8. The van der Waals surface area contributed by atoms with E-state index >= 15 is 0 Å². The predicted octanol–water partition coefficient (Wildman–Crippen LogP) is 3.93. The molecule has 130 valence electrons. The molecule has 3 rings (SSSR count). The maximum absolute atomic E-state index is 14.2. The standard InChI is InChI=1S/C19H19FN2O2S/c1-13-4-3-5-14(10-13)22(19-21-8-9-25-19)12-18(23)16-7-6-15(24-2)11-17(16)20/h3-7,10-11H,8-9,12H2,1-2H3. The second kappa shape index (κ2) is 7.70. The molecule has 6 heteroatoms. The van der Waals surface area contributed by atoms with E-state index in [1.54, 1.807) is 17.8 Å². The van der Waals surface area contributed by atoms with Gasteiger partial charge in [-0.3, -0.25) is 9.79 Å². The number of thioether (sulfide) groups is 1. The van der Waals surface area contributed by atoms with Gasteiger partial charge in [-0.2, -0.15) is 0 Å². The number of hydrogen-bond acceptors (Lipinski definition) is 5. The number of aliphatic imine (C=N–C) groups is 1. The molecule has 0 spiro atoms. The molecule has 0 atom stereocenters. The topological polar surface area (TPSA) is 41.9 Å². The third kappa shape index (κ3) is 4.02. The summed E-state index contributed by atoms with van der Waals surface area (Å²) in [6.45, 7) is 2.77. The third-order valence-corrected chi connectivity index (χ3v) is 4.89. The van der Waals surface area contributed by atoms with E-state index in [4.69, 9.17) is 4.74 Å². The number of amidine groups is 1. The van der Waals surface area contributed by atoms with E-state index in [2.05, 4.69) is 4.99 Å². The van der Waals surface area contributed by atoms with Crippen LogP contribution in [-0.2, 0) is 0 Å². The number of aryl methyl sites for hydroxylation is 1. The van der Waals surface area contributed by atoms with Crippen LogP contribution in [-0.4, -0.2) is 36.9 Å². The van der Waals surface area contributed by atoms with Crippen molar-refractivity contribution in [1.29, 1.82) is 0 Å². The highest BCUT2D eigenvalue weighted by molar-refractivity contribution is 8.14. The first-order valence-electron chi connectivity index (χ1n) is 7.96. The summed E-state index contributed by atoms with van der Waals surface area (Å²) >= 11 is 1.61. The molecule has 4 nitrogen and oxygen atoms in total. The van der Waals surface area contributed by atoms with Gasteiger partial charge in [0.2, 0.25) is 0 Å². The minimum atomic E-state index is -0.574. The van der Waals surface area contributed by atoms with Crippen LogP contribution in [0, 0.1) is 12.7 Å². The lowest BCUT2D eigenvalue weighted by Crippen LogP contribution is -2.33. The fraction of sp³-hybridized carbons (Fsp3) is 0.263. The highest BCUT2D eigenvalue weighted by Crippen LogP contribution is 2.25. The molecule has 2 aromatic carbocycles. The largest absolute Gasteiger partial charge is 0.497 e. The molecule has 1 aliphatic heterocycles. The molecule has 0 saturated heterocycles. The fourth-order valence-electron chi connectivity index (χ4n) is 2.63. The molecule has 0 fully saturated rings. The number of rotatable bonds is 5. The van der Waals surface area contributed by atoms with E-state index in [9.17, 15) is 9.18 Å². The highest BCUT2D eigenvalue weighted by atomic mass is 32.2. The van der Waals surface area contributed by atoms with E-state index in [0.717, 1.165) is 28.7 Å². The number of nitrogens with zero attached hydrogens (tertiary/aromatic N) is 2. The van der Waals surface area contributed by atoms with Crippen LogP contribution >= 0.6 is 11.8 Å². The molecule has 0 radical (unpaired) electrons. The molecule has 25 heavy (non-hydrogen) atoms. The smallest absolute Gasteiger partial charge is 0.185 e. The Hall–Kier alpha value is -2.34. The van der Waals surface area contributed by atoms with Crippen molar-refractivity contribution in [2.45, 2.75) is 6.92 Å². The summed E-state index contributed by atoms with van der Waals surface area (Å²) in [5.74, 6) is 0.412. The van der Waals surface area contributed by atoms with E-state index in [1.807, 2.05) is 36.1 Å². The van der Waals surface area contributed by atoms with Gasteiger partial charge in [-0.25, -0.2) is 4.39 Å². The Balaban J connectivity index is 1.89. The normalized spacial score (nSPS) is 13.5. The van der Waals surface area contributed by atoms with E-state index in [-0.39, 0.29) is 17.9 Å². The number of Topliss-reactive ketones (excluding diaryl/α,β-unsaturated/α-hetero) is 1. The first-order chi connectivity index (χ1) is 12.1. The van der Waals surface area contributed by atoms with Crippen LogP contribution in [0.3, 0.4) is 0 Å². The molecule has 2 aromatic rings. The van der Waals surface area contributed by atoms with Crippen LogP contribution in [0.5, 0.6) is 5.75 Å². The summed E-state index contributed by atoms with van der Waals surface area (Å²) in [5.41, 5.74) is 2.03. The summed E-state index contributed by atoms with van der Waals surface area (Å²) in [5, 5.41) is 0.799. The molecule has 0 bridgehead atoms. The van der Waals surface area contributed by atoms with Crippen LogP contribution in [0.2, 0.25) is 0 Å². The summed E-state index contributed by atoms with van der Waals surface area (Å²) < 4.78 is 19.2. The second-order valence-corrected chi connectivity index (χ2v) is 6.77. The number of halogens is 1. The van der Waals surface area contributed by atoms with Gasteiger partial charge in [-0.1, -0.05) is 23.9 Å². The number of carbonyl (C=O) groups excluding carboxylic acids is 1. The quantitative estimate of drug-likeness (QED) is 0.760. The monoisotopic (exact) mass is 358 g/mol. The molecular weight excluding hydrogens is 339 g/mol. The van der Waals surface area contributed by atoms with Gasteiger partial charge < -0.3 is 9.64 Å². The van der Waals surface area contributed by atoms with Crippen molar-refractivity contribution in [2.24, 2.45) is 4.99 Å². The number of hydrogen-bond donors (Lipinski definition) is 0. The van der Waals surface area contributed by atoms with Crippen molar-refractivity contribution in [1.82, 2.24) is 0 Å². The van der Waals surface area contributed by atoms with Gasteiger partial charge in [-0.15, -0.1) is 0 Å². The first kappa shape index (κ1) is 17.5. The molecule has 0 amide bonds. The van der Waals surface area contributed by atoms with Crippen LogP contribution < -0.4 is 9.64 Å². The Labute approximate surface area is 150 Å². The molecule has 0 aromatic heterocycles. The average Bonchev–Trinajstić information content (AvgIpc) is 3.13. The third-order valence-electron chi connectivity index (χ3n) is 3.89. The number of ether oxygens (including phenoxy) is 1. The number of ketones is 1. The maximum atomic E-state index is 14.2. The number of anilines is 1. The van der Waals surface area contributed by atoms with Crippen molar-refractivity contribution in [3.05, 3.63) is 59.4 Å². The first-order valence-corrected chi connectivity index (χ1v) is 8.95. The van der Waals surface area contributed by atoms with Crippen molar-refractivity contribution >= 4 is 28.4 Å². The Bertz CT molecular complexity index is 823. The van der Waals surface area contributed by atoms with E-state index in [0.29, 0.717) is 5.75 Å². The zero-order valence-electron chi connectivity index (χ0n) is 14.2. The summed E-state index contributed by atoms with van der Waals surface area (Å²) in [7, 11) is 1.46. The van der Waals surface area contributed by atoms with Gasteiger partial charge in [0, 0.05) is 17.5 Å². The maximum Gasteiger partial charge on any atom is 0.185 e. The minimum absolute atomic E-state index is 0.0402. The number of benzene rings is 2. The molecule has 1 aliphatic rings. The summed E-state index contributed by atoms with van der Waals surface area (Å²) in [6, 6.07) is 12.2. The lowest BCUT2D eigenvalue weighted by molar-refractivity contribution is 0.0998. The van der Waals surface area contributed by atoms with Gasteiger partial charge in [0.05, 0.1) is 25.8 Å². The molecule has 0 unspecified atom stereocenters. The van der Waals surface area contributed by atoms with Gasteiger partial charge in [0.1, 0.15) is 11.6 Å². The van der Waals surface area contributed by atoms with Crippen LogP contribution in [0.25, 0.3) is 0 Å². The van der Waals surface area contributed by atoms with Gasteiger partial charge >= 0.3 is 0 Å². The molecule has 0 saturated carbocycles. The van der Waals surface area contributed by atoms with E-state index < -0.39 is 5.82 Å². The van der Waals surface area contributed by atoms with Crippen LogP contribution in [0.15, 0.2) is 47.5 Å². The average molecular weight is 358 g/mol. The lowest BCUT2D eigenvalue weighted by atomic mass is 10.1. The van der Waals surface area contributed by atoms with Crippen LogP contribution in [0.4, 0.5) is 10.1 Å². The summed E-state index contributed by atoms with van der Waals surface area (Å²) in [4.78, 5) is 19.0. The number of methoxy groups -OCH3 is 1. The fourth-order valence-corrected chi connectivity index (χ4v) is 3.50. The second-order valence-electron chi connectivity index (χ2n) is 5.71. The van der Waals surface area contributed by atoms with E-state index in [1.165, 1.54) is 19.2 Å². The molecular formula is C19H19FN2O2S.